The predicted octanol–water partition coefficient (Wildman–Crippen LogP) is 18.5. The molecule has 0 fully saturated rings. The Kier molecular flexibility index (Phi) is 51.9. The molecule has 0 rings (SSSR count). The van der Waals surface area contributed by atoms with Gasteiger partial charge in [0.15, 0.2) is 6.10 Å². The summed E-state index contributed by atoms with van der Waals surface area (Å²) in [5.41, 5.74) is 0. The van der Waals surface area contributed by atoms with Crippen LogP contribution < -0.4 is 0 Å². The van der Waals surface area contributed by atoms with Gasteiger partial charge >= 0.3 is 17.9 Å². The van der Waals surface area contributed by atoms with Gasteiger partial charge in [0.05, 0.1) is 0 Å². The maximum absolute atomic E-state index is 12.7. The first-order valence-corrected chi connectivity index (χ1v) is 27.7. The fourth-order valence-corrected chi connectivity index (χ4v) is 7.46. The lowest BCUT2D eigenvalue weighted by atomic mass is 10.0. The molecule has 0 aromatic carbocycles. The Labute approximate surface area is 413 Å². The Morgan fingerprint density at radius 2 is 0.582 bits per heavy atom. The third-order valence-electron chi connectivity index (χ3n) is 11.6. The van der Waals surface area contributed by atoms with Gasteiger partial charge in [-0.15, -0.1) is 0 Å². The molecule has 0 heterocycles. The Morgan fingerprint density at radius 3 is 0.910 bits per heavy atom. The second-order valence-corrected chi connectivity index (χ2v) is 18.1. The van der Waals surface area contributed by atoms with Crippen LogP contribution in [0.1, 0.15) is 252 Å². The highest BCUT2D eigenvalue weighted by Crippen LogP contribution is 2.15. The van der Waals surface area contributed by atoms with Gasteiger partial charge in [-0.05, 0) is 83.5 Å². The van der Waals surface area contributed by atoms with Crippen LogP contribution in [-0.2, 0) is 28.6 Å². The number of carbonyl (C=O) groups excluding carboxylic acids is 3. The first-order chi connectivity index (χ1) is 33.0. The second-order valence-electron chi connectivity index (χ2n) is 18.1. The second kappa shape index (κ2) is 54.9. The van der Waals surface area contributed by atoms with Crippen LogP contribution in [0.5, 0.6) is 0 Å². The molecular formula is C61H102O6. The molecule has 0 bridgehead atoms. The molecule has 0 aromatic heterocycles. The molecule has 6 nitrogen and oxygen atoms in total. The van der Waals surface area contributed by atoms with Crippen LogP contribution in [0, 0.1) is 0 Å². The molecule has 0 aliphatic rings. The molecule has 1 atom stereocenters. The molecule has 0 radical (unpaired) electrons. The van der Waals surface area contributed by atoms with Gasteiger partial charge in [-0.3, -0.25) is 14.4 Å². The average Bonchev–Trinajstić information content (AvgIpc) is 3.33. The summed E-state index contributed by atoms with van der Waals surface area (Å²) >= 11 is 0. The summed E-state index contributed by atoms with van der Waals surface area (Å²) in [5, 5.41) is 0. The van der Waals surface area contributed by atoms with Crippen LogP contribution in [-0.4, -0.2) is 37.2 Å². The number of hydrogen-bond donors (Lipinski definition) is 0. The SMILES string of the molecule is CC/C=C\C/C=C\C/C=C\C/C=C\C/C=C\C/C=C\C/C=C\C/C=C\CCCCCCC(=O)OCC(COC(=O)CCCCCCCC)OC(=O)CCCCCCCCCCCCCCCC. The number of allylic oxidation sites excluding steroid dienone is 16. The molecule has 0 N–H and O–H groups in total. The van der Waals surface area contributed by atoms with Gasteiger partial charge in [0, 0.05) is 19.3 Å². The van der Waals surface area contributed by atoms with Crippen molar-refractivity contribution in [2.45, 2.75) is 258 Å². The van der Waals surface area contributed by atoms with E-state index >= 15 is 0 Å². The summed E-state index contributed by atoms with van der Waals surface area (Å²) in [4.78, 5) is 37.8. The number of rotatable bonds is 49. The molecule has 67 heavy (non-hydrogen) atoms. The van der Waals surface area contributed by atoms with E-state index < -0.39 is 6.10 Å². The largest absolute Gasteiger partial charge is 0.462 e. The van der Waals surface area contributed by atoms with Crippen molar-refractivity contribution in [1.29, 1.82) is 0 Å². The van der Waals surface area contributed by atoms with Crippen LogP contribution in [0.15, 0.2) is 97.2 Å². The maximum atomic E-state index is 12.7. The summed E-state index contributed by atoms with van der Waals surface area (Å²) in [6, 6.07) is 0. The molecule has 0 spiro atoms. The van der Waals surface area contributed by atoms with E-state index in [1.807, 2.05) is 0 Å². The van der Waals surface area contributed by atoms with Crippen molar-refractivity contribution in [3.63, 3.8) is 0 Å². The van der Waals surface area contributed by atoms with Crippen molar-refractivity contribution >= 4 is 17.9 Å². The number of ether oxygens (including phenoxy) is 3. The number of hydrogen-bond acceptors (Lipinski definition) is 6. The highest BCUT2D eigenvalue weighted by Gasteiger charge is 2.19. The zero-order chi connectivity index (χ0) is 48.6. The normalized spacial score (nSPS) is 12.8. The minimum absolute atomic E-state index is 0.0841. The Bertz CT molecular complexity index is 1350. The molecule has 6 heteroatoms. The van der Waals surface area contributed by atoms with Gasteiger partial charge in [0.2, 0.25) is 0 Å². The summed E-state index contributed by atoms with van der Waals surface area (Å²) in [6.45, 7) is 6.44. The molecule has 382 valence electrons. The van der Waals surface area contributed by atoms with Crippen molar-refractivity contribution in [2.75, 3.05) is 13.2 Å². The molecule has 0 aromatic rings. The third-order valence-corrected chi connectivity index (χ3v) is 11.6. The third kappa shape index (κ3) is 53.2. The molecule has 0 aliphatic heterocycles. The van der Waals surface area contributed by atoms with Gasteiger partial charge in [0.1, 0.15) is 13.2 Å². The van der Waals surface area contributed by atoms with Crippen LogP contribution in [0.3, 0.4) is 0 Å². The van der Waals surface area contributed by atoms with Crippen molar-refractivity contribution in [3.8, 4) is 0 Å². The van der Waals surface area contributed by atoms with E-state index in [1.165, 1.54) is 89.9 Å². The minimum Gasteiger partial charge on any atom is -0.462 e. The lowest BCUT2D eigenvalue weighted by molar-refractivity contribution is -0.167. The zero-order valence-electron chi connectivity index (χ0n) is 43.6. The predicted molar refractivity (Wildman–Crippen MR) is 288 cm³/mol. The molecule has 0 amide bonds. The average molecular weight is 931 g/mol. The molecule has 1 unspecified atom stereocenters. The lowest BCUT2D eigenvalue weighted by Gasteiger charge is -2.18. The zero-order valence-corrected chi connectivity index (χ0v) is 43.6. The minimum atomic E-state index is -0.783. The van der Waals surface area contributed by atoms with Crippen molar-refractivity contribution in [3.05, 3.63) is 97.2 Å². The van der Waals surface area contributed by atoms with E-state index in [9.17, 15) is 14.4 Å². The highest BCUT2D eigenvalue weighted by atomic mass is 16.6. The first-order valence-electron chi connectivity index (χ1n) is 27.7. The first kappa shape index (κ1) is 63.3. The Morgan fingerprint density at radius 1 is 0.313 bits per heavy atom. The van der Waals surface area contributed by atoms with Crippen LogP contribution in [0.25, 0.3) is 0 Å². The standard InChI is InChI=1S/C61H102O6/c1-4-7-10-13-16-18-20-22-24-25-26-27-28-29-30-31-32-33-34-35-36-37-38-40-41-43-45-48-51-54-60(63)66-57-58(56-65-59(62)53-50-47-15-12-9-6-3)67-61(64)55-52-49-46-44-42-39-23-21-19-17-14-11-8-5-2/h7,10,16,18,22,24,26-27,29-30,32-33,35-36,38,40,58H,4-6,8-9,11-15,17,19-21,23,25,28,31,34,37,39,41-57H2,1-3H3/b10-7-,18-16-,24-22-,27-26-,30-29-,33-32-,36-35-,40-38-. The van der Waals surface area contributed by atoms with Crippen molar-refractivity contribution in [1.82, 2.24) is 0 Å². The monoisotopic (exact) mass is 931 g/mol. The molecule has 0 saturated heterocycles. The number of carbonyl (C=O) groups is 3. The van der Waals surface area contributed by atoms with E-state index in [1.54, 1.807) is 0 Å². The summed E-state index contributed by atoms with van der Waals surface area (Å²) in [7, 11) is 0. The summed E-state index contributed by atoms with van der Waals surface area (Å²) in [5.74, 6) is -0.918. The lowest BCUT2D eigenvalue weighted by Crippen LogP contribution is -2.30. The quantitative estimate of drug-likeness (QED) is 0.0262. The topological polar surface area (TPSA) is 78.9 Å². The smallest absolute Gasteiger partial charge is 0.306 e. The van der Waals surface area contributed by atoms with Gasteiger partial charge < -0.3 is 14.2 Å². The Balaban J connectivity index is 4.20. The number of unbranched alkanes of at least 4 members (excludes halogenated alkanes) is 22. The fourth-order valence-electron chi connectivity index (χ4n) is 7.46. The van der Waals surface area contributed by atoms with E-state index in [0.717, 1.165) is 122 Å². The van der Waals surface area contributed by atoms with E-state index in [2.05, 4.69) is 118 Å². The van der Waals surface area contributed by atoms with E-state index in [-0.39, 0.29) is 31.1 Å². The molecule has 0 saturated carbocycles. The molecule has 0 aliphatic carbocycles. The number of esters is 3. The van der Waals surface area contributed by atoms with Crippen LogP contribution >= 0.6 is 0 Å². The molecular weight excluding hydrogens is 829 g/mol. The van der Waals surface area contributed by atoms with Gasteiger partial charge in [-0.2, -0.15) is 0 Å². The Hall–Kier alpha value is -3.67. The van der Waals surface area contributed by atoms with E-state index in [0.29, 0.717) is 19.3 Å². The van der Waals surface area contributed by atoms with Crippen molar-refractivity contribution in [2.24, 2.45) is 0 Å². The summed E-state index contributed by atoms with van der Waals surface area (Å²) in [6.07, 6.45) is 72.8. The van der Waals surface area contributed by atoms with Gasteiger partial charge in [0.25, 0.3) is 0 Å². The van der Waals surface area contributed by atoms with Crippen LogP contribution in [0.2, 0.25) is 0 Å². The van der Waals surface area contributed by atoms with E-state index in [4.69, 9.17) is 14.2 Å². The highest BCUT2D eigenvalue weighted by molar-refractivity contribution is 5.71. The fraction of sp³-hybridized carbons (Fsp3) is 0.689. The van der Waals surface area contributed by atoms with Crippen molar-refractivity contribution < 1.29 is 28.6 Å². The summed E-state index contributed by atoms with van der Waals surface area (Å²) < 4.78 is 16.7. The van der Waals surface area contributed by atoms with Gasteiger partial charge in [-0.25, -0.2) is 0 Å². The van der Waals surface area contributed by atoms with Crippen LogP contribution in [0.4, 0.5) is 0 Å². The maximum Gasteiger partial charge on any atom is 0.306 e. The van der Waals surface area contributed by atoms with Gasteiger partial charge in [-0.1, -0.05) is 246 Å².